The lowest BCUT2D eigenvalue weighted by Gasteiger charge is -2.21. The number of carbonyl (C=O) groups excluding carboxylic acids is 2. The molecule has 148 valence electrons. The Kier molecular flexibility index (Phi) is 8.21. The minimum atomic E-state index is -1.27. The van der Waals surface area contributed by atoms with Crippen LogP contribution in [0.1, 0.15) is 25.3 Å². The molecule has 0 aliphatic heterocycles. The van der Waals surface area contributed by atoms with Crippen molar-refractivity contribution in [3.63, 3.8) is 0 Å². The molecular formula is C17H23N3O7. The lowest BCUT2D eigenvalue weighted by molar-refractivity contribution is -0.142. The van der Waals surface area contributed by atoms with Gasteiger partial charge in [-0.15, -0.1) is 0 Å². The highest BCUT2D eigenvalue weighted by Crippen LogP contribution is 2.11. The van der Waals surface area contributed by atoms with Gasteiger partial charge in [0.15, 0.2) is 0 Å². The fourth-order valence-corrected chi connectivity index (χ4v) is 2.17. The molecule has 1 aromatic carbocycles. The number of aliphatic carboxylic acids is 2. The van der Waals surface area contributed by atoms with Crippen LogP contribution in [0.2, 0.25) is 0 Å². The van der Waals surface area contributed by atoms with Crippen LogP contribution >= 0.6 is 0 Å². The maximum atomic E-state index is 12.3. The number of aromatic hydroxyl groups is 1. The zero-order valence-electron chi connectivity index (χ0n) is 14.7. The van der Waals surface area contributed by atoms with Crippen LogP contribution in [0.4, 0.5) is 0 Å². The molecule has 1 rings (SSSR count). The molecule has 0 fully saturated rings. The number of hydrogen-bond acceptors (Lipinski definition) is 6. The number of amides is 2. The summed E-state index contributed by atoms with van der Waals surface area (Å²) in [6.07, 6.45) is -0.483. The normalized spacial score (nSPS) is 13.9. The largest absolute Gasteiger partial charge is 0.508 e. The van der Waals surface area contributed by atoms with Crippen molar-refractivity contribution in [3.8, 4) is 5.75 Å². The summed E-state index contributed by atoms with van der Waals surface area (Å²) in [7, 11) is 0. The summed E-state index contributed by atoms with van der Waals surface area (Å²) in [6, 6.07) is 2.60. The Labute approximate surface area is 155 Å². The Hall–Kier alpha value is -3.14. The Bertz CT molecular complexity index is 690. The number of phenols is 1. The van der Waals surface area contributed by atoms with Gasteiger partial charge in [0, 0.05) is 6.42 Å². The predicted octanol–water partition coefficient (Wildman–Crippen LogP) is -0.799. The van der Waals surface area contributed by atoms with Crippen LogP contribution in [0.25, 0.3) is 0 Å². The number of carbonyl (C=O) groups is 4. The lowest BCUT2D eigenvalue weighted by Crippen LogP contribution is -2.54. The first-order valence-corrected chi connectivity index (χ1v) is 8.19. The molecule has 0 saturated carbocycles. The topological polar surface area (TPSA) is 179 Å². The summed E-state index contributed by atoms with van der Waals surface area (Å²) < 4.78 is 0. The number of phenolic OH excluding ortho intramolecular Hbond substituents is 1. The van der Waals surface area contributed by atoms with Gasteiger partial charge in [-0.25, -0.2) is 0 Å². The monoisotopic (exact) mass is 381 g/mol. The highest BCUT2D eigenvalue weighted by Gasteiger charge is 2.26. The Balaban J connectivity index is 2.74. The van der Waals surface area contributed by atoms with Gasteiger partial charge in [0.2, 0.25) is 11.8 Å². The van der Waals surface area contributed by atoms with Crippen molar-refractivity contribution in [2.24, 2.45) is 5.73 Å². The van der Waals surface area contributed by atoms with Crippen LogP contribution in [-0.4, -0.2) is 57.2 Å². The van der Waals surface area contributed by atoms with Crippen LogP contribution < -0.4 is 16.4 Å². The van der Waals surface area contributed by atoms with Gasteiger partial charge in [-0.1, -0.05) is 12.1 Å². The third kappa shape index (κ3) is 7.74. The van der Waals surface area contributed by atoms with Crippen molar-refractivity contribution in [1.29, 1.82) is 0 Å². The maximum Gasteiger partial charge on any atom is 0.325 e. The van der Waals surface area contributed by atoms with E-state index in [2.05, 4.69) is 10.6 Å². The summed E-state index contributed by atoms with van der Waals surface area (Å²) in [5, 5.41) is 31.4. The zero-order valence-corrected chi connectivity index (χ0v) is 14.7. The van der Waals surface area contributed by atoms with E-state index in [9.17, 15) is 24.3 Å². The highest BCUT2D eigenvalue weighted by molar-refractivity contribution is 5.92. The number of hydrogen-bond donors (Lipinski definition) is 6. The van der Waals surface area contributed by atoms with Crippen LogP contribution in [0.5, 0.6) is 5.75 Å². The van der Waals surface area contributed by atoms with Gasteiger partial charge >= 0.3 is 11.9 Å². The van der Waals surface area contributed by atoms with Crippen molar-refractivity contribution in [2.45, 2.75) is 44.3 Å². The molecule has 7 N–H and O–H groups in total. The van der Waals surface area contributed by atoms with Crippen LogP contribution in [-0.2, 0) is 25.6 Å². The van der Waals surface area contributed by atoms with Gasteiger partial charge in [-0.05, 0) is 37.5 Å². The Morgan fingerprint density at radius 1 is 1.04 bits per heavy atom. The molecule has 3 atom stereocenters. The molecular weight excluding hydrogens is 358 g/mol. The molecule has 0 bridgehead atoms. The minimum absolute atomic E-state index is 0.0646. The molecule has 0 saturated heterocycles. The average molecular weight is 381 g/mol. The van der Waals surface area contributed by atoms with Crippen molar-refractivity contribution < 1.29 is 34.5 Å². The molecule has 0 radical (unpaired) electrons. The second kappa shape index (κ2) is 10.1. The van der Waals surface area contributed by atoms with E-state index in [1.165, 1.54) is 19.1 Å². The van der Waals surface area contributed by atoms with E-state index in [1.54, 1.807) is 12.1 Å². The van der Waals surface area contributed by atoms with E-state index >= 15 is 0 Å². The minimum Gasteiger partial charge on any atom is -0.508 e. The standard InChI is InChI=1S/C17H23N3O7/c1-9(17(26)27)19-16(25)13(6-7-14(22)23)20-15(24)12(18)8-10-2-4-11(21)5-3-10/h2-5,9,12-13,21H,6-8,18H2,1H3,(H,19,25)(H,20,24)(H,22,23)(H,26,27). The average Bonchev–Trinajstić information content (AvgIpc) is 2.59. The number of nitrogens with two attached hydrogens (primary N) is 1. The summed E-state index contributed by atoms with van der Waals surface area (Å²) in [6.45, 7) is 1.24. The lowest BCUT2D eigenvalue weighted by atomic mass is 10.0. The molecule has 0 spiro atoms. The van der Waals surface area contributed by atoms with Crippen LogP contribution in [0.3, 0.4) is 0 Å². The molecule has 27 heavy (non-hydrogen) atoms. The van der Waals surface area contributed by atoms with E-state index in [0.29, 0.717) is 5.56 Å². The number of benzene rings is 1. The summed E-state index contributed by atoms with van der Waals surface area (Å²) >= 11 is 0. The van der Waals surface area contributed by atoms with Crippen LogP contribution in [0.15, 0.2) is 24.3 Å². The van der Waals surface area contributed by atoms with E-state index in [-0.39, 0.29) is 18.6 Å². The number of rotatable bonds is 10. The van der Waals surface area contributed by atoms with Gasteiger partial charge in [0.1, 0.15) is 17.8 Å². The summed E-state index contributed by atoms with van der Waals surface area (Å²) in [5.41, 5.74) is 6.51. The van der Waals surface area contributed by atoms with Crippen molar-refractivity contribution >= 4 is 23.8 Å². The van der Waals surface area contributed by atoms with Crippen molar-refractivity contribution in [3.05, 3.63) is 29.8 Å². The van der Waals surface area contributed by atoms with E-state index in [4.69, 9.17) is 15.9 Å². The first kappa shape index (κ1) is 21.9. The van der Waals surface area contributed by atoms with Gasteiger partial charge in [0.05, 0.1) is 6.04 Å². The molecule has 3 unspecified atom stereocenters. The molecule has 0 aromatic heterocycles. The number of nitrogens with one attached hydrogen (secondary N) is 2. The number of carboxylic acid groups (broad SMARTS) is 2. The second-order valence-electron chi connectivity index (χ2n) is 6.04. The van der Waals surface area contributed by atoms with Gasteiger partial charge in [0.25, 0.3) is 0 Å². The third-order valence-corrected chi connectivity index (χ3v) is 3.74. The first-order valence-electron chi connectivity index (χ1n) is 8.19. The number of carboxylic acids is 2. The zero-order chi connectivity index (χ0) is 20.6. The van der Waals surface area contributed by atoms with Gasteiger partial charge in [-0.3, -0.25) is 19.2 Å². The fraction of sp³-hybridized carbons (Fsp3) is 0.412. The second-order valence-corrected chi connectivity index (χ2v) is 6.04. The fourth-order valence-electron chi connectivity index (χ4n) is 2.17. The van der Waals surface area contributed by atoms with E-state index in [0.717, 1.165) is 0 Å². The summed E-state index contributed by atoms with van der Waals surface area (Å²) in [4.78, 5) is 46.0. The Morgan fingerprint density at radius 3 is 2.15 bits per heavy atom. The highest BCUT2D eigenvalue weighted by atomic mass is 16.4. The first-order chi connectivity index (χ1) is 12.6. The van der Waals surface area contributed by atoms with Gasteiger partial charge in [-0.2, -0.15) is 0 Å². The SMILES string of the molecule is CC(NC(=O)C(CCC(=O)O)NC(=O)C(N)Cc1ccc(O)cc1)C(=O)O. The van der Waals surface area contributed by atoms with E-state index < -0.39 is 48.3 Å². The summed E-state index contributed by atoms with van der Waals surface area (Å²) in [5.74, 6) is -3.86. The third-order valence-electron chi connectivity index (χ3n) is 3.74. The molecule has 0 heterocycles. The van der Waals surface area contributed by atoms with Crippen molar-refractivity contribution in [1.82, 2.24) is 10.6 Å². The smallest absolute Gasteiger partial charge is 0.325 e. The Morgan fingerprint density at radius 2 is 1.63 bits per heavy atom. The molecule has 10 nitrogen and oxygen atoms in total. The molecule has 10 heteroatoms. The molecule has 0 aliphatic carbocycles. The molecule has 0 aliphatic rings. The maximum absolute atomic E-state index is 12.3. The quantitative estimate of drug-likeness (QED) is 0.305. The predicted molar refractivity (Wildman–Crippen MR) is 93.8 cm³/mol. The van der Waals surface area contributed by atoms with Gasteiger partial charge < -0.3 is 31.7 Å². The molecule has 2 amide bonds. The van der Waals surface area contributed by atoms with Crippen molar-refractivity contribution in [2.75, 3.05) is 0 Å². The van der Waals surface area contributed by atoms with E-state index in [1.807, 2.05) is 0 Å². The van der Waals surface area contributed by atoms with Crippen LogP contribution in [0, 0.1) is 0 Å². The molecule has 1 aromatic rings.